The number of unbranched alkanes of at least 4 members (excludes halogenated alkanes) is 1. The zero-order chi connectivity index (χ0) is 9.52. The van der Waals surface area contributed by atoms with Crippen molar-refractivity contribution in [2.75, 3.05) is 12.3 Å². The molecule has 1 N–H and O–H groups in total. The summed E-state index contributed by atoms with van der Waals surface area (Å²) in [5.74, 6) is 1.23. The van der Waals surface area contributed by atoms with E-state index in [-0.39, 0.29) is 0 Å². The van der Waals surface area contributed by atoms with Gasteiger partial charge in [-0.25, -0.2) is 0 Å². The molecule has 0 saturated carbocycles. The Kier molecular flexibility index (Phi) is 5.28. The number of amidine groups is 1. The van der Waals surface area contributed by atoms with Gasteiger partial charge in [0.2, 0.25) is 0 Å². The molecule has 0 radical (unpaired) electrons. The van der Waals surface area contributed by atoms with Crippen LogP contribution in [0.3, 0.4) is 0 Å². The molecule has 1 rings (SSSR count). The average Bonchev–Trinajstić information content (AvgIpc) is 2.16. The van der Waals surface area contributed by atoms with E-state index in [2.05, 4.69) is 24.2 Å². The third-order valence-corrected chi connectivity index (χ3v) is 3.17. The third kappa shape index (κ3) is 4.55. The SMILES string of the molecule is CCCCC(C)NC1=NCCCS1. The molecule has 1 aliphatic heterocycles. The van der Waals surface area contributed by atoms with Gasteiger partial charge in [-0.15, -0.1) is 0 Å². The summed E-state index contributed by atoms with van der Waals surface area (Å²) in [5.41, 5.74) is 0. The van der Waals surface area contributed by atoms with E-state index < -0.39 is 0 Å². The number of hydrogen-bond acceptors (Lipinski definition) is 3. The number of aliphatic imine (C=N–C) groups is 1. The largest absolute Gasteiger partial charge is 0.362 e. The van der Waals surface area contributed by atoms with Crippen molar-refractivity contribution >= 4 is 16.9 Å². The lowest BCUT2D eigenvalue weighted by molar-refractivity contribution is 0.572. The van der Waals surface area contributed by atoms with E-state index in [4.69, 9.17) is 0 Å². The molecule has 1 aliphatic rings. The third-order valence-electron chi connectivity index (χ3n) is 2.16. The van der Waals surface area contributed by atoms with Crippen molar-refractivity contribution in [2.24, 2.45) is 4.99 Å². The van der Waals surface area contributed by atoms with Gasteiger partial charge in [-0.1, -0.05) is 31.5 Å². The molecule has 0 spiro atoms. The Bertz CT molecular complexity index is 168. The van der Waals surface area contributed by atoms with Gasteiger partial charge in [-0.05, 0) is 19.8 Å². The predicted octanol–water partition coefficient (Wildman–Crippen LogP) is 2.65. The molecule has 13 heavy (non-hydrogen) atoms. The molecule has 0 aromatic rings. The number of thioether (sulfide) groups is 1. The van der Waals surface area contributed by atoms with Gasteiger partial charge in [0, 0.05) is 18.3 Å². The first-order valence-corrected chi connectivity index (χ1v) is 6.25. The highest BCUT2D eigenvalue weighted by Crippen LogP contribution is 2.11. The maximum Gasteiger partial charge on any atom is 0.156 e. The highest BCUT2D eigenvalue weighted by Gasteiger charge is 2.08. The minimum absolute atomic E-state index is 0.587. The Morgan fingerprint density at radius 1 is 1.62 bits per heavy atom. The van der Waals surface area contributed by atoms with Crippen LogP contribution in [0.4, 0.5) is 0 Å². The van der Waals surface area contributed by atoms with Gasteiger partial charge >= 0.3 is 0 Å². The maximum absolute atomic E-state index is 4.45. The first-order valence-electron chi connectivity index (χ1n) is 5.26. The lowest BCUT2D eigenvalue weighted by atomic mass is 10.1. The standard InChI is InChI=1S/C10H20N2S/c1-3-4-6-9(2)12-10-11-7-5-8-13-10/h9H,3-8H2,1-2H3,(H,11,12). The molecule has 0 aromatic heterocycles. The second kappa shape index (κ2) is 6.30. The van der Waals surface area contributed by atoms with Gasteiger partial charge in [0.25, 0.3) is 0 Å². The van der Waals surface area contributed by atoms with Crippen LogP contribution in [0, 0.1) is 0 Å². The molecular formula is C10H20N2S. The summed E-state index contributed by atoms with van der Waals surface area (Å²) >= 11 is 1.86. The van der Waals surface area contributed by atoms with Gasteiger partial charge in [-0.3, -0.25) is 4.99 Å². The zero-order valence-electron chi connectivity index (χ0n) is 8.68. The van der Waals surface area contributed by atoms with E-state index >= 15 is 0 Å². The molecule has 0 fully saturated rings. The van der Waals surface area contributed by atoms with Crippen LogP contribution in [0.15, 0.2) is 4.99 Å². The van der Waals surface area contributed by atoms with Gasteiger partial charge in [0.1, 0.15) is 0 Å². The molecule has 0 amide bonds. The van der Waals surface area contributed by atoms with Gasteiger partial charge in [0.15, 0.2) is 5.17 Å². The van der Waals surface area contributed by atoms with E-state index in [0.717, 1.165) is 11.7 Å². The number of hydrogen-bond donors (Lipinski definition) is 1. The first-order chi connectivity index (χ1) is 6.33. The topological polar surface area (TPSA) is 24.4 Å². The summed E-state index contributed by atoms with van der Waals surface area (Å²) in [7, 11) is 0. The van der Waals surface area contributed by atoms with Crippen LogP contribution < -0.4 is 5.32 Å². The van der Waals surface area contributed by atoms with Crippen LogP contribution in [0.1, 0.15) is 39.5 Å². The molecule has 0 bridgehead atoms. The molecule has 2 nitrogen and oxygen atoms in total. The maximum atomic E-state index is 4.45. The lowest BCUT2D eigenvalue weighted by Gasteiger charge is -2.18. The highest BCUT2D eigenvalue weighted by molar-refractivity contribution is 8.13. The fourth-order valence-corrected chi connectivity index (χ4v) is 2.27. The van der Waals surface area contributed by atoms with E-state index in [1.165, 1.54) is 31.4 Å². The minimum atomic E-state index is 0.587. The summed E-state index contributed by atoms with van der Waals surface area (Å²) in [6.45, 7) is 5.49. The normalized spacial score (nSPS) is 19.4. The average molecular weight is 200 g/mol. The Balaban J connectivity index is 2.18. The zero-order valence-corrected chi connectivity index (χ0v) is 9.49. The van der Waals surface area contributed by atoms with Crippen LogP contribution in [0.5, 0.6) is 0 Å². The molecule has 0 saturated heterocycles. The van der Waals surface area contributed by atoms with Crippen molar-refractivity contribution in [3.8, 4) is 0 Å². The molecular weight excluding hydrogens is 180 g/mol. The van der Waals surface area contributed by atoms with Crippen molar-refractivity contribution < 1.29 is 0 Å². The number of rotatable bonds is 4. The Morgan fingerprint density at radius 2 is 2.46 bits per heavy atom. The summed E-state index contributed by atoms with van der Waals surface area (Å²) < 4.78 is 0. The molecule has 1 atom stereocenters. The van der Waals surface area contributed by atoms with Gasteiger partial charge in [-0.2, -0.15) is 0 Å². The molecule has 76 valence electrons. The second-order valence-corrected chi connectivity index (χ2v) is 4.66. The van der Waals surface area contributed by atoms with E-state index in [9.17, 15) is 0 Å². The van der Waals surface area contributed by atoms with Gasteiger partial charge in [0.05, 0.1) is 0 Å². The highest BCUT2D eigenvalue weighted by atomic mass is 32.2. The van der Waals surface area contributed by atoms with E-state index in [1.54, 1.807) is 0 Å². The second-order valence-electron chi connectivity index (χ2n) is 3.58. The summed E-state index contributed by atoms with van der Waals surface area (Å²) in [6.07, 6.45) is 5.09. The first kappa shape index (κ1) is 10.9. The molecule has 1 heterocycles. The van der Waals surface area contributed by atoms with Crippen LogP contribution in [0.2, 0.25) is 0 Å². The van der Waals surface area contributed by atoms with Crippen LogP contribution in [0.25, 0.3) is 0 Å². The van der Waals surface area contributed by atoms with Crippen LogP contribution in [-0.2, 0) is 0 Å². The Morgan fingerprint density at radius 3 is 3.08 bits per heavy atom. The molecule has 0 aliphatic carbocycles. The van der Waals surface area contributed by atoms with E-state index in [1.807, 2.05) is 11.8 Å². The van der Waals surface area contributed by atoms with Crippen molar-refractivity contribution in [3.05, 3.63) is 0 Å². The van der Waals surface area contributed by atoms with Gasteiger partial charge < -0.3 is 5.32 Å². The van der Waals surface area contributed by atoms with Crippen molar-refractivity contribution in [3.63, 3.8) is 0 Å². The van der Waals surface area contributed by atoms with E-state index in [0.29, 0.717) is 6.04 Å². The Labute approximate surface area is 85.6 Å². The minimum Gasteiger partial charge on any atom is -0.362 e. The molecule has 0 aromatic carbocycles. The Hall–Kier alpha value is -0.180. The quantitative estimate of drug-likeness (QED) is 0.754. The molecule has 1 unspecified atom stereocenters. The lowest BCUT2D eigenvalue weighted by Crippen LogP contribution is -2.32. The summed E-state index contributed by atoms with van der Waals surface area (Å²) in [6, 6.07) is 0.587. The smallest absolute Gasteiger partial charge is 0.156 e. The van der Waals surface area contributed by atoms with Crippen molar-refractivity contribution in [1.82, 2.24) is 5.32 Å². The van der Waals surface area contributed by atoms with Crippen LogP contribution >= 0.6 is 11.8 Å². The fourth-order valence-electron chi connectivity index (χ4n) is 1.34. The summed E-state index contributed by atoms with van der Waals surface area (Å²) in [5, 5.41) is 4.63. The van der Waals surface area contributed by atoms with Crippen LogP contribution in [-0.4, -0.2) is 23.5 Å². The number of nitrogens with one attached hydrogen (secondary N) is 1. The van der Waals surface area contributed by atoms with Crippen molar-refractivity contribution in [1.29, 1.82) is 0 Å². The molecule has 3 heteroatoms. The predicted molar refractivity (Wildman–Crippen MR) is 61.5 cm³/mol. The fraction of sp³-hybridized carbons (Fsp3) is 0.900. The monoisotopic (exact) mass is 200 g/mol. The number of nitrogens with zero attached hydrogens (tertiary/aromatic N) is 1. The summed E-state index contributed by atoms with van der Waals surface area (Å²) in [4.78, 5) is 4.45. The van der Waals surface area contributed by atoms with Crippen molar-refractivity contribution in [2.45, 2.75) is 45.6 Å².